The molecule has 1 fully saturated rings. The lowest BCUT2D eigenvalue weighted by molar-refractivity contribution is -0.0528. The summed E-state index contributed by atoms with van der Waals surface area (Å²) in [4.78, 5) is 8.76. The highest BCUT2D eigenvalue weighted by molar-refractivity contribution is 5.71. The van der Waals surface area contributed by atoms with Gasteiger partial charge < -0.3 is 10.1 Å². The number of nitriles is 1. The van der Waals surface area contributed by atoms with Gasteiger partial charge in [0.25, 0.3) is 0 Å². The molecule has 134 valence electrons. The highest BCUT2D eigenvalue weighted by Gasteiger charge is 2.29. The van der Waals surface area contributed by atoms with Crippen LogP contribution in [0.1, 0.15) is 12.8 Å². The van der Waals surface area contributed by atoms with Crippen LogP contribution in [0, 0.1) is 23.2 Å². The molecule has 0 aliphatic heterocycles. The summed E-state index contributed by atoms with van der Waals surface area (Å²) in [5.41, 5.74) is 1.26. The van der Waals surface area contributed by atoms with Gasteiger partial charge in [-0.15, -0.1) is 0 Å². The summed E-state index contributed by atoms with van der Waals surface area (Å²) in [6, 6.07) is 3.56. The summed E-state index contributed by atoms with van der Waals surface area (Å²) in [6.45, 7) is -2.25. The molecular formula is C15H14F2N8O. The average Bonchev–Trinajstić information content (AvgIpc) is 3.17. The zero-order valence-electron chi connectivity index (χ0n) is 13.4. The Morgan fingerprint density at radius 3 is 3.00 bits per heavy atom. The minimum Gasteiger partial charge on any atom is -0.417 e. The smallest absolute Gasteiger partial charge is 0.388 e. The Bertz CT molecular complexity index is 956. The molecule has 0 unspecified atom stereocenters. The number of aromatic nitrogens is 6. The first-order valence-electron chi connectivity index (χ1n) is 7.96. The molecule has 0 amide bonds. The van der Waals surface area contributed by atoms with Crippen molar-refractivity contribution in [2.75, 3.05) is 5.32 Å². The summed E-state index contributed by atoms with van der Waals surface area (Å²) in [5.74, 6) is 1.06. The van der Waals surface area contributed by atoms with Gasteiger partial charge in [0.15, 0.2) is 17.3 Å². The van der Waals surface area contributed by atoms with Gasteiger partial charge in [0.2, 0.25) is 5.88 Å². The van der Waals surface area contributed by atoms with Crippen LogP contribution in [-0.4, -0.2) is 36.6 Å². The van der Waals surface area contributed by atoms with Crippen LogP contribution in [-0.2, 0) is 6.54 Å². The van der Waals surface area contributed by atoms with Gasteiger partial charge in [-0.3, -0.25) is 0 Å². The molecule has 9 nitrogen and oxygen atoms in total. The fourth-order valence-electron chi connectivity index (χ4n) is 2.93. The molecule has 1 aliphatic carbocycles. The quantitative estimate of drug-likeness (QED) is 0.693. The number of nitrogens with one attached hydrogen (secondary N) is 2. The highest BCUT2D eigenvalue weighted by Crippen LogP contribution is 2.34. The number of H-pyrrole nitrogens is 1. The SMILES string of the molecule is N#C[C@H]1C[C@@H](Cn2ncc3ncc(Nc4cc(OC(F)F)[nH]n4)nc32)C1. The van der Waals surface area contributed by atoms with E-state index in [1.165, 1.54) is 12.3 Å². The van der Waals surface area contributed by atoms with Crippen molar-refractivity contribution in [2.45, 2.75) is 26.0 Å². The van der Waals surface area contributed by atoms with Crippen LogP contribution < -0.4 is 10.1 Å². The van der Waals surface area contributed by atoms with Crippen LogP contribution in [0.15, 0.2) is 18.5 Å². The standard InChI is InChI=1S/C15H14F2N8O/c16-15(17)26-13-3-11(23-24-13)21-12-6-19-10-5-20-25(14(10)22-12)7-9-1-8(2-9)4-18/h3,5-6,8-9,15H,1-2,7H2,(H2,21,22,23,24)/t8-,9+. The highest BCUT2D eigenvalue weighted by atomic mass is 19.3. The number of aromatic amines is 1. The summed E-state index contributed by atoms with van der Waals surface area (Å²) in [6.07, 6.45) is 4.87. The van der Waals surface area contributed by atoms with Gasteiger partial charge in [-0.2, -0.15) is 24.2 Å². The van der Waals surface area contributed by atoms with Gasteiger partial charge in [-0.1, -0.05) is 0 Å². The first kappa shape index (κ1) is 16.2. The van der Waals surface area contributed by atoms with Crippen molar-refractivity contribution in [3.05, 3.63) is 18.5 Å². The van der Waals surface area contributed by atoms with Crippen LogP contribution in [0.25, 0.3) is 11.2 Å². The number of halogens is 2. The third kappa shape index (κ3) is 3.26. The Morgan fingerprint density at radius 1 is 1.38 bits per heavy atom. The van der Waals surface area contributed by atoms with E-state index in [4.69, 9.17) is 5.26 Å². The topological polar surface area (TPSA) is 117 Å². The van der Waals surface area contributed by atoms with Gasteiger partial charge in [0, 0.05) is 18.5 Å². The van der Waals surface area contributed by atoms with Gasteiger partial charge in [0.1, 0.15) is 5.52 Å². The van der Waals surface area contributed by atoms with Crippen molar-refractivity contribution in [1.82, 2.24) is 29.9 Å². The third-order valence-electron chi connectivity index (χ3n) is 4.22. The third-order valence-corrected chi connectivity index (χ3v) is 4.22. The van der Waals surface area contributed by atoms with E-state index in [0.29, 0.717) is 29.4 Å². The maximum absolute atomic E-state index is 12.2. The first-order chi connectivity index (χ1) is 12.6. The monoisotopic (exact) mass is 360 g/mol. The van der Waals surface area contributed by atoms with Crippen molar-refractivity contribution in [3.8, 4) is 11.9 Å². The number of fused-ring (bicyclic) bond motifs is 1. The van der Waals surface area contributed by atoms with E-state index in [1.54, 1.807) is 10.9 Å². The molecule has 0 radical (unpaired) electrons. The van der Waals surface area contributed by atoms with Crippen LogP contribution >= 0.6 is 0 Å². The molecule has 1 aliphatic rings. The zero-order chi connectivity index (χ0) is 18.1. The molecule has 1 saturated carbocycles. The van der Waals surface area contributed by atoms with Crippen LogP contribution in [0.4, 0.5) is 20.4 Å². The van der Waals surface area contributed by atoms with E-state index in [1.807, 2.05) is 0 Å². The Labute approximate surface area is 146 Å². The lowest BCUT2D eigenvalue weighted by Gasteiger charge is -2.30. The lowest BCUT2D eigenvalue weighted by atomic mass is 9.76. The molecule has 0 aromatic carbocycles. The van der Waals surface area contributed by atoms with Gasteiger partial charge in [-0.05, 0) is 18.8 Å². The van der Waals surface area contributed by atoms with Crippen molar-refractivity contribution < 1.29 is 13.5 Å². The summed E-state index contributed by atoms with van der Waals surface area (Å²) >= 11 is 0. The Hall–Kier alpha value is -3.29. The Morgan fingerprint density at radius 2 is 2.23 bits per heavy atom. The van der Waals surface area contributed by atoms with Gasteiger partial charge in [0.05, 0.1) is 18.5 Å². The molecule has 3 aromatic rings. The summed E-state index contributed by atoms with van der Waals surface area (Å²) in [7, 11) is 0. The number of hydrogen-bond donors (Lipinski definition) is 2. The van der Waals surface area contributed by atoms with Crippen LogP contribution in [0.3, 0.4) is 0 Å². The lowest BCUT2D eigenvalue weighted by Crippen LogP contribution is -2.26. The number of alkyl halides is 2. The van der Waals surface area contributed by atoms with Crippen molar-refractivity contribution >= 4 is 22.8 Å². The number of anilines is 2. The number of hydrogen-bond acceptors (Lipinski definition) is 7. The molecular weight excluding hydrogens is 346 g/mol. The molecule has 0 spiro atoms. The molecule has 11 heteroatoms. The summed E-state index contributed by atoms with van der Waals surface area (Å²) < 4.78 is 30.4. The molecule has 3 heterocycles. The first-order valence-corrected chi connectivity index (χ1v) is 7.96. The predicted molar refractivity (Wildman–Crippen MR) is 85.7 cm³/mol. The molecule has 4 rings (SSSR count). The van der Waals surface area contributed by atoms with Crippen molar-refractivity contribution in [3.63, 3.8) is 0 Å². The summed E-state index contributed by atoms with van der Waals surface area (Å²) in [5, 5.41) is 22.2. The Balaban J connectivity index is 1.49. The number of nitrogens with zero attached hydrogens (tertiary/aromatic N) is 6. The van der Waals surface area contributed by atoms with E-state index in [-0.39, 0.29) is 17.6 Å². The van der Waals surface area contributed by atoms with E-state index in [2.05, 4.69) is 41.4 Å². The normalized spacial score (nSPS) is 19.3. The molecule has 0 bridgehead atoms. The van der Waals surface area contributed by atoms with E-state index in [9.17, 15) is 8.78 Å². The maximum atomic E-state index is 12.2. The fraction of sp³-hybridized carbons (Fsp3) is 0.400. The molecule has 3 aromatic heterocycles. The van der Waals surface area contributed by atoms with Crippen LogP contribution in [0.2, 0.25) is 0 Å². The molecule has 26 heavy (non-hydrogen) atoms. The molecule has 0 atom stereocenters. The minimum atomic E-state index is -2.93. The largest absolute Gasteiger partial charge is 0.417 e. The van der Waals surface area contributed by atoms with Gasteiger partial charge in [-0.25, -0.2) is 19.7 Å². The van der Waals surface area contributed by atoms with Crippen LogP contribution in [0.5, 0.6) is 5.88 Å². The second-order valence-electron chi connectivity index (χ2n) is 6.08. The van der Waals surface area contributed by atoms with E-state index in [0.717, 1.165) is 12.8 Å². The molecule has 2 N–H and O–H groups in total. The second-order valence-corrected chi connectivity index (χ2v) is 6.08. The number of rotatable bonds is 6. The molecule has 0 saturated heterocycles. The van der Waals surface area contributed by atoms with Crippen molar-refractivity contribution in [1.29, 1.82) is 5.26 Å². The second kappa shape index (κ2) is 6.55. The average molecular weight is 360 g/mol. The number of ether oxygens (including phenoxy) is 1. The fourth-order valence-corrected chi connectivity index (χ4v) is 2.93. The maximum Gasteiger partial charge on any atom is 0.388 e. The van der Waals surface area contributed by atoms with E-state index < -0.39 is 6.61 Å². The van der Waals surface area contributed by atoms with E-state index >= 15 is 0 Å². The predicted octanol–water partition coefficient (Wildman–Crippen LogP) is 2.44. The Kier molecular flexibility index (Phi) is 4.08. The minimum absolute atomic E-state index is 0.134. The van der Waals surface area contributed by atoms with Crippen molar-refractivity contribution in [2.24, 2.45) is 11.8 Å². The van der Waals surface area contributed by atoms with Gasteiger partial charge >= 0.3 is 6.61 Å². The zero-order valence-corrected chi connectivity index (χ0v) is 13.4.